The van der Waals surface area contributed by atoms with Crippen molar-refractivity contribution in [1.29, 1.82) is 0 Å². The van der Waals surface area contributed by atoms with Crippen LogP contribution < -0.4 is 10.2 Å². The highest BCUT2D eigenvalue weighted by Crippen LogP contribution is 2.20. The van der Waals surface area contributed by atoms with Crippen LogP contribution >= 0.6 is 0 Å². The summed E-state index contributed by atoms with van der Waals surface area (Å²) >= 11 is 0. The van der Waals surface area contributed by atoms with Gasteiger partial charge in [-0.15, -0.1) is 0 Å². The molecular formula is C17H14F4N2O2. The first-order valence-electron chi connectivity index (χ1n) is 7.26. The number of carbonyl (C=O) groups excluding carboxylic acids is 2. The van der Waals surface area contributed by atoms with Gasteiger partial charge in [-0.25, -0.2) is 17.6 Å². The molecule has 0 aliphatic rings. The lowest BCUT2D eigenvalue weighted by atomic mass is 10.2. The molecule has 0 saturated heterocycles. The van der Waals surface area contributed by atoms with Crippen LogP contribution in [0.4, 0.5) is 28.9 Å². The number of anilines is 2. The van der Waals surface area contributed by atoms with Crippen molar-refractivity contribution < 1.29 is 27.2 Å². The molecule has 0 spiro atoms. The normalized spacial score (nSPS) is 10.4. The van der Waals surface area contributed by atoms with Crippen molar-refractivity contribution in [1.82, 2.24) is 0 Å². The SMILES string of the molecule is CC(=O)N(CCC(=O)Nc1ccc(F)c(F)c1F)c1ccc(F)cc1. The first-order valence-corrected chi connectivity index (χ1v) is 7.26. The van der Waals surface area contributed by atoms with E-state index in [1.807, 2.05) is 0 Å². The molecule has 0 aliphatic carbocycles. The number of carbonyl (C=O) groups is 2. The Kier molecular flexibility index (Phi) is 5.74. The maximum absolute atomic E-state index is 13.5. The van der Waals surface area contributed by atoms with Crippen molar-refractivity contribution in [3.63, 3.8) is 0 Å². The van der Waals surface area contributed by atoms with Crippen LogP contribution in [0.3, 0.4) is 0 Å². The van der Waals surface area contributed by atoms with Crippen LogP contribution in [-0.4, -0.2) is 18.4 Å². The zero-order chi connectivity index (χ0) is 18.6. The third kappa shape index (κ3) is 4.56. The fourth-order valence-electron chi connectivity index (χ4n) is 2.14. The molecule has 2 rings (SSSR count). The van der Waals surface area contributed by atoms with Crippen LogP contribution in [0, 0.1) is 23.3 Å². The van der Waals surface area contributed by atoms with Gasteiger partial charge in [0.25, 0.3) is 0 Å². The molecule has 0 heterocycles. The maximum atomic E-state index is 13.5. The van der Waals surface area contributed by atoms with Crippen molar-refractivity contribution in [3.8, 4) is 0 Å². The minimum atomic E-state index is -1.69. The summed E-state index contributed by atoms with van der Waals surface area (Å²) < 4.78 is 52.5. The van der Waals surface area contributed by atoms with Crippen LogP contribution in [-0.2, 0) is 9.59 Å². The van der Waals surface area contributed by atoms with Crippen molar-refractivity contribution in [3.05, 3.63) is 59.7 Å². The van der Waals surface area contributed by atoms with Gasteiger partial charge in [0.15, 0.2) is 17.5 Å². The van der Waals surface area contributed by atoms with E-state index in [2.05, 4.69) is 5.32 Å². The second-order valence-electron chi connectivity index (χ2n) is 5.17. The molecule has 132 valence electrons. The average molecular weight is 354 g/mol. The molecule has 0 aliphatic heterocycles. The maximum Gasteiger partial charge on any atom is 0.226 e. The van der Waals surface area contributed by atoms with E-state index < -0.39 is 34.9 Å². The Balaban J connectivity index is 2.03. The Hall–Kier alpha value is -2.90. The monoisotopic (exact) mass is 354 g/mol. The summed E-state index contributed by atoms with van der Waals surface area (Å²) in [6, 6.07) is 6.68. The summed E-state index contributed by atoms with van der Waals surface area (Å²) in [4.78, 5) is 24.8. The minimum absolute atomic E-state index is 0.0574. The van der Waals surface area contributed by atoms with E-state index in [9.17, 15) is 27.2 Å². The Morgan fingerprint density at radius 3 is 2.20 bits per heavy atom. The Morgan fingerprint density at radius 1 is 0.960 bits per heavy atom. The molecule has 0 aromatic heterocycles. The molecule has 1 N–H and O–H groups in total. The van der Waals surface area contributed by atoms with Crippen LogP contribution in [0.25, 0.3) is 0 Å². The molecule has 0 fully saturated rings. The number of nitrogens with one attached hydrogen (secondary N) is 1. The average Bonchev–Trinajstić information content (AvgIpc) is 2.57. The molecule has 0 unspecified atom stereocenters. The molecule has 4 nitrogen and oxygen atoms in total. The van der Waals surface area contributed by atoms with E-state index in [1.54, 1.807) is 0 Å². The van der Waals surface area contributed by atoms with E-state index in [0.717, 1.165) is 6.07 Å². The van der Waals surface area contributed by atoms with Crippen molar-refractivity contribution in [2.45, 2.75) is 13.3 Å². The van der Waals surface area contributed by atoms with Gasteiger partial charge in [0.1, 0.15) is 5.82 Å². The number of halogens is 4. The van der Waals surface area contributed by atoms with Gasteiger partial charge in [-0.2, -0.15) is 0 Å². The van der Waals surface area contributed by atoms with Crippen LogP contribution in [0.5, 0.6) is 0 Å². The van der Waals surface area contributed by atoms with E-state index in [-0.39, 0.29) is 18.9 Å². The van der Waals surface area contributed by atoms with E-state index in [4.69, 9.17) is 0 Å². The van der Waals surface area contributed by atoms with Gasteiger partial charge in [-0.1, -0.05) is 0 Å². The fraction of sp³-hybridized carbons (Fsp3) is 0.176. The quantitative estimate of drug-likeness (QED) is 0.659. The minimum Gasteiger partial charge on any atom is -0.323 e. The number of amides is 2. The molecule has 8 heteroatoms. The van der Waals surface area contributed by atoms with Gasteiger partial charge in [-0.05, 0) is 36.4 Å². The first-order chi connectivity index (χ1) is 11.8. The number of hydrogen-bond acceptors (Lipinski definition) is 2. The highest BCUT2D eigenvalue weighted by atomic mass is 19.2. The standard InChI is InChI=1S/C17H14F4N2O2/c1-10(24)23(12-4-2-11(18)3-5-12)9-8-15(25)22-14-7-6-13(19)16(20)17(14)21/h2-7H,8-9H2,1H3,(H,22,25). The van der Waals surface area contributed by atoms with Crippen molar-refractivity contribution in [2.24, 2.45) is 0 Å². The lowest BCUT2D eigenvalue weighted by molar-refractivity contribution is -0.117. The number of rotatable bonds is 5. The second kappa shape index (κ2) is 7.78. The third-order valence-electron chi connectivity index (χ3n) is 3.39. The van der Waals surface area contributed by atoms with Gasteiger partial charge >= 0.3 is 0 Å². The second-order valence-corrected chi connectivity index (χ2v) is 5.17. The molecule has 25 heavy (non-hydrogen) atoms. The summed E-state index contributed by atoms with van der Waals surface area (Å²) in [5, 5.41) is 2.11. The summed E-state index contributed by atoms with van der Waals surface area (Å²) in [7, 11) is 0. The Bertz CT molecular complexity index is 794. The topological polar surface area (TPSA) is 49.4 Å². The van der Waals surface area contributed by atoms with Crippen molar-refractivity contribution >= 4 is 23.2 Å². The molecule has 0 saturated carbocycles. The first kappa shape index (κ1) is 18.4. The van der Waals surface area contributed by atoms with Crippen LogP contribution in [0.15, 0.2) is 36.4 Å². The van der Waals surface area contributed by atoms with Gasteiger partial charge < -0.3 is 10.2 Å². The molecule has 0 atom stereocenters. The zero-order valence-corrected chi connectivity index (χ0v) is 13.2. The van der Waals surface area contributed by atoms with Gasteiger partial charge in [0.05, 0.1) is 5.69 Å². The Labute approximate surface area is 141 Å². The van der Waals surface area contributed by atoms with E-state index in [0.29, 0.717) is 11.8 Å². The fourth-order valence-corrected chi connectivity index (χ4v) is 2.14. The zero-order valence-electron chi connectivity index (χ0n) is 13.2. The number of hydrogen-bond donors (Lipinski definition) is 1. The number of nitrogens with zero attached hydrogens (tertiary/aromatic N) is 1. The highest BCUT2D eigenvalue weighted by Gasteiger charge is 2.17. The lowest BCUT2D eigenvalue weighted by Crippen LogP contribution is -2.32. The van der Waals surface area contributed by atoms with Crippen LogP contribution in [0.2, 0.25) is 0 Å². The van der Waals surface area contributed by atoms with Gasteiger partial charge in [0.2, 0.25) is 11.8 Å². The largest absolute Gasteiger partial charge is 0.323 e. The summed E-state index contributed by atoms with van der Waals surface area (Å²) in [6.45, 7) is 1.22. The molecule has 0 radical (unpaired) electrons. The molecular weight excluding hydrogens is 340 g/mol. The van der Waals surface area contributed by atoms with E-state index in [1.165, 1.54) is 36.1 Å². The van der Waals surface area contributed by atoms with Crippen LogP contribution in [0.1, 0.15) is 13.3 Å². The molecule has 0 bridgehead atoms. The number of benzene rings is 2. The molecule has 2 amide bonds. The predicted octanol–water partition coefficient (Wildman–Crippen LogP) is 3.62. The predicted molar refractivity (Wildman–Crippen MR) is 84.0 cm³/mol. The van der Waals surface area contributed by atoms with E-state index >= 15 is 0 Å². The van der Waals surface area contributed by atoms with Gasteiger partial charge in [0, 0.05) is 25.6 Å². The molecule has 2 aromatic rings. The summed E-state index contributed by atoms with van der Waals surface area (Å²) in [6.07, 6.45) is -0.227. The lowest BCUT2D eigenvalue weighted by Gasteiger charge is -2.21. The summed E-state index contributed by atoms with van der Waals surface area (Å²) in [5.74, 6) is -6.10. The van der Waals surface area contributed by atoms with Gasteiger partial charge in [-0.3, -0.25) is 9.59 Å². The molecule has 2 aromatic carbocycles. The smallest absolute Gasteiger partial charge is 0.226 e. The summed E-state index contributed by atoms with van der Waals surface area (Å²) in [5.41, 5.74) is -0.110. The Morgan fingerprint density at radius 2 is 1.60 bits per heavy atom. The third-order valence-corrected chi connectivity index (χ3v) is 3.39. The van der Waals surface area contributed by atoms with Crippen molar-refractivity contribution in [2.75, 3.05) is 16.8 Å². The highest BCUT2D eigenvalue weighted by molar-refractivity contribution is 5.94.